The number of benzene rings is 2. The van der Waals surface area contributed by atoms with Crippen LogP contribution in [0.1, 0.15) is 36.9 Å². The molecule has 31 heavy (non-hydrogen) atoms. The molecule has 1 aliphatic rings. The van der Waals surface area contributed by atoms with Gasteiger partial charge in [-0.1, -0.05) is 55.0 Å². The first-order chi connectivity index (χ1) is 15.1. The van der Waals surface area contributed by atoms with E-state index in [4.69, 9.17) is 0 Å². The smallest absolute Gasteiger partial charge is 0.277 e. The molecule has 3 heterocycles. The summed E-state index contributed by atoms with van der Waals surface area (Å²) in [6, 6.07) is 16.5. The third kappa shape index (κ3) is 3.19. The number of hydrogen-bond acceptors (Lipinski definition) is 5. The van der Waals surface area contributed by atoms with Crippen LogP contribution in [0.2, 0.25) is 0 Å². The maximum Gasteiger partial charge on any atom is 0.277 e. The van der Waals surface area contributed by atoms with Crippen LogP contribution in [0.4, 0.5) is 5.69 Å². The summed E-state index contributed by atoms with van der Waals surface area (Å²) >= 11 is 1.40. The molecule has 7 nitrogen and oxygen atoms in total. The molecule has 156 valence electrons. The Kier molecular flexibility index (Phi) is 4.78. The molecule has 1 aliphatic heterocycles. The van der Waals surface area contributed by atoms with Crippen molar-refractivity contribution < 1.29 is 9.59 Å². The number of thiazole rings is 1. The fraction of sp³-hybridized carbons (Fsp3) is 0.217. The van der Waals surface area contributed by atoms with Gasteiger partial charge in [0.1, 0.15) is 0 Å². The van der Waals surface area contributed by atoms with E-state index < -0.39 is 5.92 Å². The van der Waals surface area contributed by atoms with Gasteiger partial charge in [0.05, 0.1) is 27.4 Å². The normalized spacial score (nSPS) is 16.5. The van der Waals surface area contributed by atoms with Crippen LogP contribution in [0.15, 0.2) is 59.4 Å². The van der Waals surface area contributed by atoms with Crippen LogP contribution in [0.3, 0.4) is 0 Å². The highest BCUT2D eigenvalue weighted by Gasteiger charge is 2.43. The quantitative estimate of drug-likeness (QED) is 0.486. The second kappa shape index (κ2) is 7.63. The minimum atomic E-state index is -0.798. The topological polar surface area (TPSA) is 88.1 Å². The van der Waals surface area contributed by atoms with Gasteiger partial charge in [0.25, 0.3) is 5.56 Å². The second-order valence-corrected chi connectivity index (χ2v) is 8.53. The molecule has 2 amide bonds. The Morgan fingerprint density at radius 1 is 1.06 bits per heavy atom. The zero-order valence-electron chi connectivity index (χ0n) is 16.9. The standard InChI is InChI=1S/C23H20N4O3S/c1-2-8-17-20(15-13-19(28)26(21(15)29)14-9-4-3-5-10-14)22(30)27(25-17)23-24-16-11-6-7-12-18(16)31-23/h3-7,9-12,15,25H,2,8,13H2,1H3/t15-/m0/s1. The summed E-state index contributed by atoms with van der Waals surface area (Å²) in [6.45, 7) is 2.01. The molecule has 0 bridgehead atoms. The lowest BCUT2D eigenvalue weighted by Gasteiger charge is -2.14. The van der Waals surface area contributed by atoms with Gasteiger partial charge in [-0.3, -0.25) is 24.4 Å². The van der Waals surface area contributed by atoms with E-state index in [0.717, 1.165) is 16.6 Å². The molecule has 8 heteroatoms. The molecule has 0 aliphatic carbocycles. The van der Waals surface area contributed by atoms with Crippen LogP contribution >= 0.6 is 11.3 Å². The van der Waals surface area contributed by atoms with Crippen LogP contribution in [-0.2, 0) is 16.0 Å². The molecular formula is C23H20N4O3S. The molecule has 0 saturated carbocycles. The third-order valence-corrected chi connectivity index (χ3v) is 6.51. The summed E-state index contributed by atoms with van der Waals surface area (Å²) in [7, 11) is 0. The highest BCUT2D eigenvalue weighted by molar-refractivity contribution is 7.20. The predicted octanol–water partition coefficient (Wildman–Crippen LogP) is 3.77. The number of nitrogens with zero attached hydrogens (tertiary/aromatic N) is 3. The summed E-state index contributed by atoms with van der Waals surface area (Å²) in [5.74, 6) is -1.45. The number of rotatable bonds is 5. The maximum absolute atomic E-state index is 13.4. The molecule has 0 unspecified atom stereocenters. The van der Waals surface area contributed by atoms with Gasteiger partial charge in [-0.05, 0) is 30.7 Å². The van der Waals surface area contributed by atoms with Gasteiger partial charge in [-0.15, -0.1) is 0 Å². The number of para-hydroxylation sites is 2. The van der Waals surface area contributed by atoms with Gasteiger partial charge in [0.2, 0.25) is 16.9 Å². The Balaban J connectivity index is 1.60. The average Bonchev–Trinajstić information content (AvgIpc) is 3.42. The lowest BCUT2D eigenvalue weighted by atomic mass is 9.96. The molecule has 4 aromatic rings. The number of amides is 2. The van der Waals surface area contributed by atoms with Gasteiger partial charge in [0, 0.05) is 12.1 Å². The van der Waals surface area contributed by atoms with E-state index in [0.29, 0.717) is 28.5 Å². The Hall–Kier alpha value is -3.52. The highest BCUT2D eigenvalue weighted by Crippen LogP contribution is 2.34. The molecular weight excluding hydrogens is 412 g/mol. The van der Waals surface area contributed by atoms with Crippen molar-refractivity contribution in [3.8, 4) is 5.13 Å². The molecule has 0 spiro atoms. The fourth-order valence-electron chi connectivity index (χ4n) is 4.09. The Morgan fingerprint density at radius 3 is 2.55 bits per heavy atom. The van der Waals surface area contributed by atoms with Crippen molar-refractivity contribution in [2.75, 3.05) is 4.90 Å². The van der Waals surface area contributed by atoms with E-state index in [1.54, 1.807) is 24.3 Å². The van der Waals surface area contributed by atoms with Crippen molar-refractivity contribution in [3.05, 3.63) is 76.2 Å². The van der Waals surface area contributed by atoms with Gasteiger partial charge in [-0.2, -0.15) is 4.68 Å². The number of H-pyrrole nitrogens is 1. The molecule has 1 atom stereocenters. The molecule has 1 saturated heterocycles. The summed E-state index contributed by atoms with van der Waals surface area (Å²) in [5.41, 5.74) is 2.08. The highest BCUT2D eigenvalue weighted by atomic mass is 32.1. The first kappa shape index (κ1) is 19.4. The number of nitrogens with one attached hydrogen (secondary N) is 1. The number of aromatic nitrogens is 3. The largest absolute Gasteiger partial charge is 0.293 e. The molecule has 5 rings (SSSR count). The van der Waals surface area contributed by atoms with Crippen molar-refractivity contribution in [1.29, 1.82) is 0 Å². The van der Waals surface area contributed by atoms with Crippen LogP contribution in [-0.4, -0.2) is 26.6 Å². The monoisotopic (exact) mass is 432 g/mol. The number of carbonyl (C=O) groups is 2. The number of fused-ring (bicyclic) bond motifs is 1. The van der Waals surface area contributed by atoms with Crippen molar-refractivity contribution >= 4 is 39.1 Å². The lowest BCUT2D eigenvalue weighted by Crippen LogP contribution is -2.31. The third-order valence-electron chi connectivity index (χ3n) is 5.49. The van der Waals surface area contributed by atoms with E-state index in [1.165, 1.54) is 20.9 Å². The van der Waals surface area contributed by atoms with Gasteiger partial charge in [-0.25, -0.2) is 4.98 Å². The number of hydrogen-bond donors (Lipinski definition) is 1. The van der Waals surface area contributed by atoms with Gasteiger partial charge < -0.3 is 0 Å². The van der Waals surface area contributed by atoms with E-state index in [9.17, 15) is 14.4 Å². The predicted molar refractivity (Wildman–Crippen MR) is 120 cm³/mol. The number of imide groups is 1. The van der Waals surface area contributed by atoms with Crippen LogP contribution < -0.4 is 10.5 Å². The van der Waals surface area contributed by atoms with Gasteiger partial charge in [0.15, 0.2) is 0 Å². The first-order valence-electron chi connectivity index (χ1n) is 10.2. The zero-order valence-corrected chi connectivity index (χ0v) is 17.7. The Bertz CT molecular complexity index is 1320. The van der Waals surface area contributed by atoms with Gasteiger partial charge >= 0.3 is 0 Å². The maximum atomic E-state index is 13.4. The Morgan fingerprint density at radius 2 is 1.81 bits per heavy atom. The van der Waals surface area contributed by atoms with Crippen molar-refractivity contribution in [3.63, 3.8) is 0 Å². The van der Waals surface area contributed by atoms with Crippen LogP contribution in [0, 0.1) is 0 Å². The Labute approximate surface area is 181 Å². The van der Waals surface area contributed by atoms with E-state index in [1.807, 2.05) is 37.3 Å². The minimum Gasteiger partial charge on any atom is -0.293 e. The van der Waals surface area contributed by atoms with Crippen molar-refractivity contribution in [1.82, 2.24) is 14.8 Å². The molecule has 1 fully saturated rings. The summed E-state index contributed by atoms with van der Waals surface area (Å²) in [6.07, 6.45) is 1.38. The molecule has 2 aromatic carbocycles. The summed E-state index contributed by atoms with van der Waals surface area (Å²) < 4.78 is 2.38. The van der Waals surface area contributed by atoms with E-state index in [-0.39, 0.29) is 23.8 Å². The van der Waals surface area contributed by atoms with E-state index >= 15 is 0 Å². The van der Waals surface area contributed by atoms with Crippen molar-refractivity contribution in [2.24, 2.45) is 0 Å². The van der Waals surface area contributed by atoms with Crippen LogP contribution in [0.25, 0.3) is 15.3 Å². The molecule has 0 radical (unpaired) electrons. The van der Waals surface area contributed by atoms with Crippen LogP contribution in [0.5, 0.6) is 0 Å². The lowest BCUT2D eigenvalue weighted by molar-refractivity contribution is -0.121. The minimum absolute atomic E-state index is 0.0165. The number of aryl methyl sites for hydroxylation is 1. The number of aromatic amines is 1. The number of carbonyl (C=O) groups excluding carboxylic acids is 2. The fourth-order valence-corrected chi connectivity index (χ4v) is 5.02. The summed E-state index contributed by atoms with van der Waals surface area (Å²) in [4.78, 5) is 45.2. The SMILES string of the molecule is CCCc1[nH]n(-c2nc3ccccc3s2)c(=O)c1[C@@H]1CC(=O)N(c2ccccc2)C1=O. The van der Waals surface area contributed by atoms with E-state index in [2.05, 4.69) is 10.1 Å². The summed E-state index contributed by atoms with van der Waals surface area (Å²) in [5, 5.41) is 3.69. The first-order valence-corrected chi connectivity index (χ1v) is 11.0. The average molecular weight is 433 g/mol. The molecule has 1 N–H and O–H groups in total. The molecule has 2 aromatic heterocycles. The zero-order chi connectivity index (χ0) is 21.5. The second-order valence-electron chi connectivity index (χ2n) is 7.52. The van der Waals surface area contributed by atoms with Crippen molar-refractivity contribution in [2.45, 2.75) is 32.1 Å². The number of anilines is 1.